The molecule has 0 amide bonds. The summed E-state index contributed by atoms with van der Waals surface area (Å²) >= 11 is 0. The first kappa shape index (κ1) is 16.7. The van der Waals surface area contributed by atoms with E-state index in [1.807, 2.05) is 12.1 Å². The van der Waals surface area contributed by atoms with Gasteiger partial charge in [-0.2, -0.15) is 5.26 Å². The van der Waals surface area contributed by atoms with E-state index in [9.17, 15) is 0 Å². The summed E-state index contributed by atoms with van der Waals surface area (Å²) in [4.78, 5) is 4.36. The predicted molar refractivity (Wildman–Crippen MR) is 98.4 cm³/mol. The molecule has 0 radical (unpaired) electrons. The summed E-state index contributed by atoms with van der Waals surface area (Å²) in [6.45, 7) is 2.33. The van der Waals surface area contributed by atoms with Gasteiger partial charge in [0, 0.05) is 11.8 Å². The van der Waals surface area contributed by atoms with Crippen molar-refractivity contribution in [3.05, 3.63) is 53.7 Å². The van der Waals surface area contributed by atoms with Crippen molar-refractivity contribution in [3.63, 3.8) is 0 Å². The average molecular weight is 318 g/mol. The molecule has 0 atom stereocenters. The molecule has 1 aromatic carbocycles. The highest BCUT2D eigenvalue weighted by atomic mass is 14.7. The smallest absolute Gasteiger partial charge is 0.101 e. The zero-order chi connectivity index (χ0) is 16.8. The molecule has 24 heavy (non-hydrogen) atoms. The van der Waals surface area contributed by atoms with Gasteiger partial charge in [0.05, 0.1) is 11.3 Å². The molecule has 1 aromatic heterocycles. The Morgan fingerprint density at radius 2 is 1.71 bits per heavy atom. The fourth-order valence-electron chi connectivity index (χ4n) is 3.77. The normalized spacial score (nSPS) is 20.5. The zero-order valence-corrected chi connectivity index (χ0v) is 14.5. The summed E-state index contributed by atoms with van der Waals surface area (Å²) in [5.74, 6) is 1.91. The second-order valence-corrected chi connectivity index (χ2v) is 7.07. The van der Waals surface area contributed by atoms with Crippen LogP contribution >= 0.6 is 0 Å². The van der Waals surface area contributed by atoms with Gasteiger partial charge in [0.1, 0.15) is 6.07 Å². The molecule has 0 aliphatic heterocycles. The van der Waals surface area contributed by atoms with Crippen LogP contribution < -0.4 is 0 Å². The van der Waals surface area contributed by atoms with Crippen molar-refractivity contribution >= 4 is 0 Å². The van der Waals surface area contributed by atoms with Gasteiger partial charge >= 0.3 is 0 Å². The van der Waals surface area contributed by atoms with Crippen LogP contribution in [-0.4, -0.2) is 4.98 Å². The predicted octanol–water partition coefficient (Wildman–Crippen LogP) is 5.77. The molecular weight excluding hydrogens is 292 g/mol. The second-order valence-electron chi connectivity index (χ2n) is 7.07. The molecule has 3 rings (SSSR count). The molecule has 1 saturated carbocycles. The number of nitriles is 1. The van der Waals surface area contributed by atoms with Gasteiger partial charge in [-0.15, -0.1) is 0 Å². The first-order chi connectivity index (χ1) is 11.8. The molecule has 2 nitrogen and oxygen atoms in total. The molecule has 0 saturated heterocycles. The number of rotatable bonds is 5. The lowest BCUT2D eigenvalue weighted by molar-refractivity contribution is 0.259. The highest BCUT2D eigenvalue weighted by Crippen LogP contribution is 2.33. The van der Waals surface area contributed by atoms with Crippen LogP contribution in [0.1, 0.15) is 56.6 Å². The van der Waals surface area contributed by atoms with E-state index in [4.69, 9.17) is 5.26 Å². The lowest BCUT2D eigenvalue weighted by atomic mass is 9.78. The van der Waals surface area contributed by atoms with Gasteiger partial charge in [0.15, 0.2) is 0 Å². The van der Waals surface area contributed by atoms with Crippen molar-refractivity contribution in [2.45, 2.75) is 51.9 Å². The third-order valence-corrected chi connectivity index (χ3v) is 5.53. The Morgan fingerprint density at radius 3 is 2.29 bits per heavy atom. The molecule has 0 unspecified atom stereocenters. The summed E-state index contributed by atoms with van der Waals surface area (Å²) in [5.41, 5.74) is 4.07. The van der Waals surface area contributed by atoms with Crippen LogP contribution in [-0.2, 0) is 6.42 Å². The van der Waals surface area contributed by atoms with Crippen molar-refractivity contribution in [1.82, 2.24) is 4.98 Å². The van der Waals surface area contributed by atoms with Crippen molar-refractivity contribution in [1.29, 1.82) is 5.26 Å². The summed E-state index contributed by atoms with van der Waals surface area (Å²) < 4.78 is 0. The van der Waals surface area contributed by atoms with Gasteiger partial charge in [-0.25, -0.2) is 0 Å². The minimum absolute atomic E-state index is 0.605. The van der Waals surface area contributed by atoms with Crippen molar-refractivity contribution < 1.29 is 0 Å². The molecule has 124 valence electrons. The Balaban J connectivity index is 1.54. The molecule has 1 fully saturated rings. The monoisotopic (exact) mass is 318 g/mol. The molecule has 2 heteroatoms. The van der Waals surface area contributed by atoms with E-state index in [1.54, 1.807) is 6.20 Å². The number of hydrogen-bond acceptors (Lipinski definition) is 2. The van der Waals surface area contributed by atoms with Crippen LogP contribution in [0, 0.1) is 23.2 Å². The van der Waals surface area contributed by atoms with Gasteiger partial charge in [-0.3, -0.25) is 4.98 Å². The largest absolute Gasteiger partial charge is 0.255 e. The number of aromatic nitrogens is 1. The van der Waals surface area contributed by atoms with Crippen LogP contribution in [0.25, 0.3) is 11.3 Å². The summed E-state index contributed by atoms with van der Waals surface area (Å²) in [5, 5.41) is 8.84. The molecule has 0 bridgehead atoms. The maximum Gasteiger partial charge on any atom is 0.101 e. The third kappa shape index (κ3) is 4.23. The molecule has 1 aliphatic carbocycles. The van der Waals surface area contributed by atoms with Crippen LogP contribution in [0.15, 0.2) is 42.6 Å². The first-order valence-corrected chi connectivity index (χ1v) is 9.24. The zero-order valence-electron chi connectivity index (χ0n) is 14.5. The van der Waals surface area contributed by atoms with Crippen LogP contribution in [0.5, 0.6) is 0 Å². The Hall–Kier alpha value is -2.14. The summed E-state index contributed by atoms with van der Waals surface area (Å²) in [6, 6.07) is 14.6. The van der Waals surface area contributed by atoms with Gasteiger partial charge in [0.2, 0.25) is 0 Å². The Labute approximate surface area is 145 Å². The fourth-order valence-corrected chi connectivity index (χ4v) is 3.77. The number of benzene rings is 1. The summed E-state index contributed by atoms with van der Waals surface area (Å²) in [7, 11) is 0. The summed E-state index contributed by atoms with van der Waals surface area (Å²) in [6.07, 6.45) is 11.2. The van der Waals surface area contributed by atoms with Crippen LogP contribution in [0.2, 0.25) is 0 Å². The maximum atomic E-state index is 8.84. The quantitative estimate of drug-likeness (QED) is 0.701. The maximum absolute atomic E-state index is 8.84. The third-order valence-electron chi connectivity index (χ3n) is 5.53. The van der Waals surface area contributed by atoms with E-state index >= 15 is 0 Å². The fraction of sp³-hybridized carbons (Fsp3) is 0.455. The van der Waals surface area contributed by atoms with E-state index < -0.39 is 0 Å². The van der Waals surface area contributed by atoms with E-state index in [-0.39, 0.29) is 0 Å². The molecular formula is C22H26N2. The lowest BCUT2D eigenvalue weighted by Gasteiger charge is -2.27. The second kappa shape index (κ2) is 8.11. The van der Waals surface area contributed by atoms with Crippen molar-refractivity contribution in [2.75, 3.05) is 0 Å². The Kier molecular flexibility index (Phi) is 5.64. The van der Waals surface area contributed by atoms with Gasteiger partial charge in [0.25, 0.3) is 0 Å². The molecule has 1 heterocycles. The van der Waals surface area contributed by atoms with E-state index in [1.165, 1.54) is 50.5 Å². The highest BCUT2D eigenvalue weighted by molar-refractivity contribution is 5.59. The van der Waals surface area contributed by atoms with Crippen LogP contribution in [0.4, 0.5) is 0 Å². The minimum Gasteiger partial charge on any atom is -0.255 e. The number of hydrogen-bond donors (Lipinski definition) is 0. The molecule has 2 aromatic rings. The number of pyridine rings is 1. The van der Waals surface area contributed by atoms with Crippen molar-refractivity contribution in [2.24, 2.45) is 11.8 Å². The minimum atomic E-state index is 0.605. The number of aryl methyl sites for hydroxylation is 1. The number of nitrogens with zero attached hydrogens (tertiary/aromatic N) is 2. The topological polar surface area (TPSA) is 36.7 Å². The average Bonchev–Trinajstić information content (AvgIpc) is 2.67. The van der Waals surface area contributed by atoms with Gasteiger partial charge < -0.3 is 0 Å². The van der Waals surface area contributed by atoms with E-state index in [0.717, 1.165) is 23.1 Å². The Morgan fingerprint density at radius 1 is 1.00 bits per heavy atom. The standard InChI is InChI=1S/C22H26N2/c1-2-17-3-5-18(6-4-17)7-8-19-9-12-21(13-10-19)22-14-11-20(15-23)16-24-22/h9-14,16-18H,2-8H2,1H3/t17-,18-. The molecule has 0 N–H and O–H groups in total. The molecule has 0 spiro atoms. The lowest BCUT2D eigenvalue weighted by Crippen LogP contribution is -2.14. The van der Waals surface area contributed by atoms with Gasteiger partial charge in [-0.1, -0.05) is 63.3 Å². The van der Waals surface area contributed by atoms with Gasteiger partial charge in [-0.05, 0) is 42.4 Å². The van der Waals surface area contributed by atoms with E-state index in [0.29, 0.717) is 5.56 Å². The SMILES string of the molecule is CC[C@H]1CC[C@H](CCc2ccc(-c3ccc(C#N)cn3)cc2)CC1. The van der Waals surface area contributed by atoms with Crippen molar-refractivity contribution in [3.8, 4) is 17.3 Å². The Bertz CT molecular complexity index is 671. The first-order valence-electron chi connectivity index (χ1n) is 9.24. The van der Waals surface area contributed by atoms with Crippen LogP contribution in [0.3, 0.4) is 0 Å². The molecule has 1 aliphatic rings. The highest BCUT2D eigenvalue weighted by Gasteiger charge is 2.19. The van der Waals surface area contributed by atoms with E-state index in [2.05, 4.69) is 42.2 Å².